The molecule has 0 bridgehead atoms. The minimum Gasteiger partial charge on any atom is -0.388 e. The standard InChI is InChI=1S/C31H34FN3O3S/c32-27-14-23(7-8-28(27)34-9-11-38-12-10-34)35(30(36)29-6-3-13-39-29)19-26-24-17-33(18-25(24)26)20-31(37)15-21-4-1-2-5-22(21)16-31/h1-8,13-14,24-26,37H,9-12,15-20H2/t24-,25+,26?. The SMILES string of the molecule is O=C(c1cccs1)N(CC1[C@H]2CN(CC3(O)Cc4ccccc4C3)C[C@@H]12)c1ccc(N2CCOCC2)c(F)c1. The number of hydrogen-bond acceptors (Lipinski definition) is 6. The van der Waals surface area contributed by atoms with Crippen molar-refractivity contribution in [1.82, 2.24) is 4.90 Å². The number of amides is 1. The van der Waals surface area contributed by atoms with Gasteiger partial charge in [-0.1, -0.05) is 30.3 Å². The van der Waals surface area contributed by atoms with E-state index in [9.17, 15) is 9.90 Å². The van der Waals surface area contributed by atoms with Crippen LogP contribution in [0.4, 0.5) is 15.8 Å². The first-order valence-corrected chi connectivity index (χ1v) is 14.8. The third-order valence-corrected chi connectivity index (χ3v) is 9.95. The van der Waals surface area contributed by atoms with Gasteiger partial charge in [0.25, 0.3) is 5.91 Å². The lowest BCUT2D eigenvalue weighted by atomic mass is 9.99. The first kappa shape index (κ1) is 25.2. The van der Waals surface area contributed by atoms with Crippen molar-refractivity contribution in [3.05, 3.63) is 81.8 Å². The van der Waals surface area contributed by atoms with Gasteiger partial charge < -0.3 is 19.6 Å². The molecule has 2 aromatic carbocycles. The van der Waals surface area contributed by atoms with Crippen molar-refractivity contribution in [1.29, 1.82) is 0 Å². The number of rotatable bonds is 7. The van der Waals surface area contributed by atoms with E-state index in [2.05, 4.69) is 17.0 Å². The number of carbonyl (C=O) groups is 1. The van der Waals surface area contributed by atoms with Crippen LogP contribution in [-0.4, -0.2) is 74.0 Å². The van der Waals surface area contributed by atoms with E-state index in [-0.39, 0.29) is 11.7 Å². The van der Waals surface area contributed by atoms with Gasteiger partial charge in [0.2, 0.25) is 0 Å². The summed E-state index contributed by atoms with van der Waals surface area (Å²) in [7, 11) is 0. The van der Waals surface area contributed by atoms with E-state index < -0.39 is 5.60 Å². The number of anilines is 2. The molecule has 2 saturated heterocycles. The highest BCUT2D eigenvalue weighted by atomic mass is 32.1. The number of hydrogen-bond donors (Lipinski definition) is 1. The van der Waals surface area contributed by atoms with Crippen LogP contribution in [0.3, 0.4) is 0 Å². The van der Waals surface area contributed by atoms with Gasteiger partial charge in [-0.15, -0.1) is 11.3 Å². The molecule has 3 aromatic rings. The topological polar surface area (TPSA) is 56.2 Å². The number of fused-ring (bicyclic) bond motifs is 2. The van der Waals surface area contributed by atoms with Crippen molar-refractivity contribution >= 4 is 28.6 Å². The van der Waals surface area contributed by atoms with Crippen LogP contribution in [0.25, 0.3) is 0 Å². The van der Waals surface area contributed by atoms with E-state index >= 15 is 4.39 Å². The molecule has 1 N–H and O–H groups in total. The molecule has 1 amide bonds. The van der Waals surface area contributed by atoms with Crippen LogP contribution >= 0.6 is 11.3 Å². The molecule has 8 heteroatoms. The van der Waals surface area contributed by atoms with Crippen LogP contribution in [0.15, 0.2) is 60.0 Å². The van der Waals surface area contributed by atoms with Crippen LogP contribution in [0, 0.1) is 23.6 Å². The summed E-state index contributed by atoms with van der Waals surface area (Å²) in [6.07, 6.45) is 1.43. The molecule has 6 nitrogen and oxygen atoms in total. The summed E-state index contributed by atoms with van der Waals surface area (Å²) in [6.45, 7) is 5.68. The number of piperidine rings is 1. The maximum atomic E-state index is 15.3. The fourth-order valence-electron chi connectivity index (χ4n) is 7.11. The molecule has 0 radical (unpaired) electrons. The summed E-state index contributed by atoms with van der Waals surface area (Å²) in [5.74, 6) is 1.04. The molecule has 204 valence electrons. The quantitative estimate of drug-likeness (QED) is 0.483. The van der Waals surface area contributed by atoms with Gasteiger partial charge in [0.05, 0.1) is 29.4 Å². The highest BCUT2D eigenvalue weighted by Crippen LogP contribution is 2.53. The van der Waals surface area contributed by atoms with Gasteiger partial charge in [0.15, 0.2) is 0 Å². The zero-order valence-corrected chi connectivity index (χ0v) is 22.8. The lowest BCUT2D eigenvalue weighted by Gasteiger charge is -2.31. The number of ether oxygens (including phenoxy) is 1. The highest BCUT2D eigenvalue weighted by Gasteiger charge is 2.57. The zero-order valence-electron chi connectivity index (χ0n) is 22.0. The van der Waals surface area contributed by atoms with Gasteiger partial charge in [-0.25, -0.2) is 4.39 Å². The maximum absolute atomic E-state index is 15.3. The number of carbonyl (C=O) groups excluding carboxylic acids is 1. The molecule has 39 heavy (non-hydrogen) atoms. The molecular formula is C31H34FN3O3S. The molecule has 3 atom stereocenters. The highest BCUT2D eigenvalue weighted by molar-refractivity contribution is 7.12. The minimum atomic E-state index is -0.698. The Morgan fingerprint density at radius 3 is 2.41 bits per heavy atom. The van der Waals surface area contributed by atoms with Gasteiger partial charge in [-0.05, 0) is 58.5 Å². The summed E-state index contributed by atoms with van der Waals surface area (Å²) < 4.78 is 20.7. The van der Waals surface area contributed by atoms with Crippen molar-refractivity contribution in [2.45, 2.75) is 18.4 Å². The Balaban J connectivity index is 1.03. The van der Waals surface area contributed by atoms with E-state index in [1.54, 1.807) is 11.0 Å². The average molecular weight is 548 g/mol. The van der Waals surface area contributed by atoms with Gasteiger partial charge in [0.1, 0.15) is 5.82 Å². The van der Waals surface area contributed by atoms with E-state index in [0.717, 1.165) is 13.1 Å². The summed E-state index contributed by atoms with van der Waals surface area (Å²) in [4.78, 5) is 20.4. The van der Waals surface area contributed by atoms with Crippen molar-refractivity contribution in [2.24, 2.45) is 17.8 Å². The predicted molar refractivity (Wildman–Crippen MR) is 151 cm³/mol. The van der Waals surface area contributed by atoms with Gasteiger partial charge in [-0.3, -0.25) is 9.69 Å². The zero-order chi connectivity index (χ0) is 26.6. The fourth-order valence-corrected chi connectivity index (χ4v) is 7.78. The third-order valence-electron chi connectivity index (χ3n) is 9.09. The molecule has 1 aromatic heterocycles. The van der Waals surface area contributed by atoms with Crippen LogP contribution < -0.4 is 9.80 Å². The number of benzene rings is 2. The Kier molecular flexibility index (Phi) is 6.46. The number of morpholine rings is 1. The predicted octanol–water partition coefficient (Wildman–Crippen LogP) is 4.08. The van der Waals surface area contributed by atoms with Crippen LogP contribution in [0.1, 0.15) is 20.8 Å². The first-order valence-electron chi connectivity index (χ1n) is 14.0. The molecule has 0 spiro atoms. The van der Waals surface area contributed by atoms with E-state index in [0.29, 0.717) is 86.2 Å². The summed E-state index contributed by atoms with van der Waals surface area (Å²) in [6, 6.07) is 17.3. The molecule has 2 aliphatic carbocycles. The number of nitrogens with zero attached hydrogens (tertiary/aromatic N) is 3. The van der Waals surface area contributed by atoms with Gasteiger partial charge in [0, 0.05) is 57.8 Å². The summed E-state index contributed by atoms with van der Waals surface area (Å²) in [5.41, 5.74) is 3.00. The Morgan fingerprint density at radius 1 is 1.05 bits per heavy atom. The minimum absolute atomic E-state index is 0.0663. The van der Waals surface area contributed by atoms with Crippen molar-refractivity contribution in [3.63, 3.8) is 0 Å². The third kappa shape index (κ3) is 4.88. The molecule has 1 unspecified atom stereocenters. The Labute approximate surface area is 232 Å². The number of aliphatic hydroxyl groups is 1. The van der Waals surface area contributed by atoms with Crippen molar-refractivity contribution in [3.8, 4) is 0 Å². The van der Waals surface area contributed by atoms with Crippen LogP contribution in [-0.2, 0) is 17.6 Å². The van der Waals surface area contributed by atoms with Crippen LogP contribution in [0.2, 0.25) is 0 Å². The molecule has 1 saturated carbocycles. The Hall–Kier alpha value is -2.78. The monoisotopic (exact) mass is 547 g/mol. The number of thiophene rings is 1. The Morgan fingerprint density at radius 2 is 1.77 bits per heavy atom. The molecule has 3 fully saturated rings. The van der Waals surface area contributed by atoms with E-state index in [1.807, 2.05) is 40.6 Å². The molecule has 4 aliphatic rings. The number of likely N-dealkylation sites (tertiary alicyclic amines) is 1. The summed E-state index contributed by atoms with van der Waals surface area (Å²) in [5, 5.41) is 13.2. The maximum Gasteiger partial charge on any atom is 0.268 e. The largest absolute Gasteiger partial charge is 0.388 e. The average Bonchev–Trinajstić information content (AvgIpc) is 3.39. The summed E-state index contributed by atoms with van der Waals surface area (Å²) >= 11 is 1.42. The van der Waals surface area contributed by atoms with Crippen molar-refractivity contribution in [2.75, 3.05) is 62.3 Å². The van der Waals surface area contributed by atoms with Crippen LogP contribution in [0.5, 0.6) is 0 Å². The lowest BCUT2D eigenvalue weighted by Crippen LogP contribution is -2.44. The fraction of sp³-hybridized carbons (Fsp3) is 0.452. The second-order valence-corrected chi connectivity index (χ2v) is 12.6. The molecule has 3 heterocycles. The van der Waals surface area contributed by atoms with E-state index in [1.165, 1.54) is 28.5 Å². The van der Waals surface area contributed by atoms with E-state index in [4.69, 9.17) is 4.74 Å². The smallest absolute Gasteiger partial charge is 0.268 e. The second-order valence-electron chi connectivity index (χ2n) is 11.7. The Bertz CT molecular complexity index is 1320. The number of β-amino-alcohol motifs (C(OH)–C–C–N with tert-alkyl or cyclic N) is 1. The molecular weight excluding hydrogens is 513 g/mol. The number of halogens is 1. The van der Waals surface area contributed by atoms with Gasteiger partial charge in [-0.2, -0.15) is 0 Å². The normalized spacial score (nSPS) is 25.4. The molecule has 2 aliphatic heterocycles. The molecule has 7 rings (SSSR count). The lowest BCUT2D eigenvalue weighted by molar-refractivity contribution is 0.0147. The second kappa shape index (κ2) is 10.0. The van der Waals surface area contributed by atoms with Gasteiger partial charge >= 0.3 is 0 Å². The first-order chi connectivity index (χ1) is 19.0. The van der Waals surface area contributed by atoms with Crippen molar-refractivity contribution < 1.29 is 19.0 Å².